The van der Waals surface area contributed by atoms with Crippen molar-refractivity contribution in [2.75, 3.05) is 14.2 Å². The third-order valence-electron chi connectivity index (χ3n) is 3.68. The summed E-state index contributed by atoms with van der Waals surface area (Å²) in [5.74, 6) is -0.541. The average Bonchev–Trinajstić information content (AvgIpc) is 3.46. The number of sulfonamides is 1. The molecule has 0 aliphatic heterocycles. The highest BCUT2D eigenvalue weighted by Crippen LogP contribution is 2.32. The molecule has 0 bridgehead atoms. The van der Waals surface area contributed by atoms with E-state index in [0.29, 0.717) is 12.8 Å². The molecule has 0 unspecified atom stereocenters. The number of rotatable bonds is 7. The predicted octanol–water partition coefficient (Wildman–Crippen LogP) is 2.16. The first kappa shape index (κ1) is 19.2. The van der Waals surface area contributed by atoms with E-state index in [0.717, 1.165) is 0 Å². The Kier molecular flexibility index (Phi) is 5.38. The molecule has 1 amide bonds. The summed E-state index contributed by atoms with van der Waals surface area (Å²) in [5.41, 5.74) is -0.145. The zero-order valence-corrected chi connectivity index (χ0v) is 16.0. The number of nitrogens with one attached hydrogen (secondary N) is 1. The zero-order valence-electron chi connectivity index (χ0n) is 14.4. The number of halogens is 1. The van der Waals surface area contributed by atoms with E-state index in [1.54, 1.807) is 6.07 Å². The number of amides is 1. The number of hydrogen-bond donors (Lipinski definition) is 1. The van der Waals surface area contributed by atoms with Crippen LogP contribution in [0.2, 0.25) is 5.02 Å². The van der Waals surface area contributed by atoms with Gasteiger partial charge in [-0.15, -0.1) is 0 Å². The van der Waals surface area contributed by atoms with Gasteiger partial charge in [0.2, 0.25) is 21.8 Å². The first-order valence-corrected chi connectivity index (χ1v) is 9.76. The molecular weight excluding hydrogens is 398 g/mol. The summed E-state index contributed by atoms with van der Waals surface area (Å²) in [6, 6.07) is 5.72. The Morgan fingerprint density at radius 1 is 1.19 bits per heavy atom. The molecule has 1 N–H and O–H groups in total. The van der Waals surface area contributed by atoms with Crippen LogP contribution in [-0.2, 0) is 10.0 Å². The third-order valence-corrected chi connectivity index (χ3v) is 5.81. The quantitative estimate of drug-likeness (QED) is 0.733. The first-order valence-electron chi connectivity index (χ1n) is 7.83. The maximum Gasteiger partial charge on any atom is 0.328 e. The Morgan fingerprint density at radius 2 is 1.81 bits per heavy atom. The molecule has 0 atom stereocenters. The van der Waals surface area contributed by atoms with Crippen LogP contribution in [0.25, 0.3) is 0 Å². The van der Waals surface area contributed by atoms with Crippen LogP contribution in [0.4, 0.5) is 0 Å². The molecule has 3 rings (SSSR count). The Morgan fingerprint density at radius 3 is 2.37 bits per heavy atom. The number of aromatic nitrogens is 2. The van der Waals surface area contributed by atoms with Gasteiger partial charge in [0.25, 0.3) is 5.91 Å². The van der Waals surface area contributed by atoms with Crippen LogP contribution in [0.5, 0.6) is 23.5 Å². The Hall–Kier alpha value is -2.59. The normalized spacial score (nSPS) is 13.7. The molecule has 11 heteroatoms. The van der Waals surface area contributed by atoms with Crippen LogP contribution in [0, 0.1) is 0 Å². The van der Waals surface area contributed by atoms with Crippen LogP contribution in [0.3, 0.4) is 0 Å². The van der Waals surface area contributed by atoms with Crippen molar-refractivity contribution in [3.8, 4) is 23.5 Å². The first-order chi connectivity index (χ1) is 12.8. The van der Waals surface area contributed by atoms with Crippen molar-refractivity contribution in [3.63, 3.8) is 0 Å². The lowest BCUT2D eigenvalue weighted by atomic mass is 10.2. The minimum absolute atomic E-state index is 0.0127. The number of carbonyl (C=O) groups excluding carboxylic acids is 1. The van der Waals surface area contributed by atoms with E-state index in [1.165, 1.54) is 32.4 Å². The molecule has 9 nitrogen and oxygen atoms in total. The topological polar surface area (TPSA) is 117 Å². The van der Waals surface area contributed by atoms with Crippen LogP contribution in [-0.4, -0.2) is 43.8 Å². The number of benzene rings is 1. The molecular formula is C16H16ClN3O6S. The second kappa shape index (κ2) is 7.57. The summed E-state index contributed by atoms with van der Waals surface area (Å²) in [4.78, 5) is 20.5. The van der Waals surface area contributed by atoms with Gasteiger partial charge >= 0.3 is 6.01 Å². The highest BCUT2D eigenvalue weighted by atomic mass is 35.5. The highest BCUT2D eigenvalue weighted by molar-refractivity contribution is 7.91. The molecule has 144 valence electrons. The summed E-state index contributed by atoms with van der Waals surface area (Å²) in [5, 5.41) is -0.537. The zero-order chi connectivity index (χ0) is 19.6. The van der Waals surface area contributed by atoms with Gasteiger partial charge in [0.05, 0.1) is 30.6 Å². The van der Waals surface area contributed by atoms with Gasteiger partial charge in [-0.2, -0.15) is 9.97 Å². The number of methoxy groups -OCH3 is 2. The van der Waals surface area contributed by atoms with E-state index in [4.69, 9.17) is 25.8 Å². The van der Waals surface area contributed by atoms with Gasteiger partial charge in [-0.1, -0.05) is 17.7 Å². The number of ether oxygens (including phenoxy) is 3. The van der Waals surface area contributed by atoms with E-state index < -0.39 is 21.2 Å². The van der Waals surface area contributed by atoms with Crippen LogP contribution >= 0.6 is 11.6 Å². The van der Waals surface area contributed by atoms with Crippen LogP contribution in [0.15, 0.2) is 24.3 Å². The van der Waals surface area contributed by atoms with Gasteiger partial charge in [0.15, 0.2) is 0 Å². The summed E-state index contributed by atoms with van der Waals surface area (Å²) >= 11 is 6.11. The molecule has 2 aromatic rings. The maximum absolute atomic E-state index is 12.5. The molecule has 1 aliphatic carbocycles. The summed E-state index contributed by atoms with van der Waals surface area (Å²) in [6.07, 6.45) is 1.04. The molecule has 27 heavy (non-hydrogen) atoms. The smallest absolute Gasteiger partial charge is 0.328 e. The summed E-state index contributed by atoms with van der Waals surface area (Å²) in [6.45, 7) is 0. The summed E-state index contributed by atoms with van der Waals surface area (Å²) < 4.78 is 41.8. The number of hydrogen-bond acceptors (Lipinski definition) is 8. The second-order valence-electron chi connectivity index (χ2n) is 5.63. The van der Waals surface area contributed by atoms with Gasteiger partial charge in [-0.05, 0) is 25.0 Å². The molecule has 1 saturated carbocycles. The van der Waals surface area contributed by atoms with Gasteiger partial charge in [0.1, 0.15) is 11.3 Å². The fourth-order valence-corrected chi connectivity index (χ4v) is 3.72. The fourth-order valence-electron chi connectivity index (χ4n) is 2.19. The van der Waals surface area contributed by atoms with Crippen molar-refractivity contribution in [1.82, 2.24) is 14.7 Å². The molecule has 0 spiro atoms. The van der Waals surface area contributed by atoms with E-state index in [2.05, 4.69) is 9.97 Å². The lowest BCUT2D eigenvalue weighted by Crippen LogP contribution is -2.33. The Bertz CT molecular complexity index is 956. The lowest BCUT2D eigenvalue weighted by Gasteiger charge is -2.13. The molecule has 1 aliphatic rings. The Labute approximate surface area is 160 Å². The summed E-state index contributed by atoms with van der Waals surface area (Å²) in [7, 11) is -0.929. The van der Waals surface area contributed by atoms with Crippen molar-refractivity contribution in [1.29, 1.82) is 0 Å². The van der Waals surface area contributed by atoms with Gasteiger partial charge < -0.3 is 14.2 Å². The molecule has 1 aromatic heterocycles. The lowest BCUT2D eigenvalue weighted by molar-refractivity contribution is 0.0979. The van der Waals surface area contributed by atoms with E-state index >= 15 is 0 Å². The van der Waals surface area contributed by atoms with Crippen LogP contribution < -0.4 is 18.9 Å². The van der Waals surface area contributed by atoms with Gasteiger partial charge in [0, 0.05) is 0 Å². The van der Waals surface area contributed by atoms with E-state index in [1.807, 2.05) is 4.72 Å². The van der Waals surface area contributed by atoms with Crippen molar-refractivity contribution >= 4 is 27.5 Å². The third kappa shape index (κ3) is 4.40. The number of carbonyl (C=O) groups is 1. The average molecular weight is 414 g/mol. The fraction of sp³-hybridized carbons (Fsp3) is 0.312. The van der Waals surface area contributed by atoms with E-state index in [-0.39, 0.29) is 34.1 Å². The molecule has 0 saturated heterocycles. The largest absolute Gasteiger partial charge is 0.481 e. The second-order valence-corrected chi connectivity index (χ2v) is 7.99. The highest BCUT2D eigenvalue weighted by Gasteiger charge is 2.37. The SMILES string of the molecule is COc1cc(OC)nc(Oc2cccc(Cl)c2C(=O)NS(=O)(=O)C2CC2)n1. The maximum atomic E-state index is 12.5. The monoisotopic (exact) mass is 413 g/mol. The van der Waals surface area contributed by atoms with Crippen molar-refractivity contribution < 1.29 is 27.4 Å². The van der Waals surface area contributed by atoms with Gasteiger partial charge in [-0.3, -0.25) is 4.79 Å². The molecule has 1 aromatic carbocycles. The molecule has 0 radical (unpaired) electrons. The van der Waals surface area contributed by atoms with Crippen LogP contribution in [0.1, 0.15) is 23.2 Å². The Balaban J connectivity index is 1.93. The van der Waals surface area contributed by atoms with Crippen molar-refractivity contribution in [2.24, 2.45) is 0 Å². The molecule has 1 heterocycles. The molecule has 1 fully saturated rings. The minimum Gasteiger partial charge on any atom is -0.481 e. The minimum atomic E-state index is -3.75. The van der Waals surface area contributed by atoms with E-state index in [9.17, 15) is 13.2 Å². The number of nitrogens with zero attached hydrogens (tertiary/aromatic N) is 2. The predicted molar refractivity (Wildman–Crippen MR) is 96.1 cm³/mol. The van der Waals surface area contributed by atoms with Crippen molar-refractivity contribution in [2.45, 2.75) is 18.1 Å². The standard InChI is InChI=1S/C16H16ClN3O6S/c1-24-12-8-13(25-2)19-16(18-12)26-11-5-3-4-10(17)14(11)15(21)20-27(22,23)9-6-7-9/h3-5,8-9H,6-7H2,1-2H3,(H,20,21). The van der Waals surface area contributed by atoms with Gasteiger partial charge in [-0.25, -0.2) is 13.1 Å². The van der Waals surface area contributed by atoms with Crippen molar-refractivity contribution in [3.05, 3.63) is 34.9 Å².